The summed E-state index contributed by atoms with van der Waals surface area (Å²) in [5.74, 6) is -0.219. The first-order chi connectivity index (χ1) is 8.20. The zero-order valence-electron chi connectivity index (χ0n) is 9.89. The lowest BCUT2D eigenvalue weighted by Gasteiger charge is -2.20. The van der Waals surface area contributed by atoms with Crippen molar-refractivity contribution in [2.75, 3.05) is 0 Å². The lowest BCUT2D eigenvalue weighted by atomic mass is 9.94. The molecule has 0 bridgehead atoms. The van der Waals surface area contributed by atoms with Crippen LogP contribution in [-0.2, 0) is 4.79 Å². The van der Waals surface area contributed by atoms with E-state index in [-0.39, 0.29) is 17.9 Å². The van der Waals surface area contributed by atoms with Gasteiger partial charge in [-0.15, -0.1) is 0 Å². The molecule has 1 aliphatic heterocycles. The number of likely N-dealkylation sites (tertiary alicyclic amines) is 1. The van der Waals surface area contributed by atoms with Gasteiger partial charge in [0.2, 0.25) is 5.91 Å². The van der Waals surface area contributed by atoms with E-state index in [1.807, 2.05) is 42.2 Å². The topological polar surface area (TPSA) is 44.2 Å². The highest BCUT2D eigenvalue weighted by Gasteiger charge is 2.48. The second-order valence-electron chi connectivity index (χ2n) is 4.95. The number of benzene rings is 1. The van der Waals surface area contributed by atoms with E-state index in [2.05, 4.69) is 0 Å². The minimum atomic E-state index is -0.341. The lowest BCUT2D eigenvalue weighted by Crippen LogP contribution is -2.35. The molecule has 1 aromatic carbocycles. The molecule has 2 atom stereocenters. The Kier molecular flexibility index (Phi) is 2.28. The number of carbonyl (C=O) groups excluding carboxylic acids is 1. The van der Waals surface area contributed by atoms with Crippen LogP contribution >= 0.6 is 0 Å². The van der Waals surface area contributed by atoms with Crippen LogP contribution in [0.4, 0.5) is 0 Å². The number of nitrogens with one attached hydrogen (secondary N) is 1. The van der Waals surface area contributed by atoms with Gasteiger partial charge in [0.15, 0.2) is 0 Å². The Bertz CT molecular complexity index is 464. The van der Waals surface area contributed by atoms with Crippen molar-refractivity contribution in [1.82, 2.24) is 4.90 Å². The highest BCUT2D eigenvalue weighted by Crippen LogP contribution is 2.38. The number of carbonyl (C=O) groups is 1. The summed E-state index contributed by atoms with van der Waals surface area (Å²) in [4.78, 5) is 14.3. The highest BCUT2D eigenvalue weighted by atomic mass is 16.2. The molecule has 1 saturated carbocycles. The van der Waals surface area contributed by atoms with Crippen molar-refractivity contribution in [1.29, 1.82) is 5.41 Å². The summed E-state index contributed by atoms with van der Waals surface area (Å²) in [7, 11) is 0. The van der Waals surface area contributed by atoms with Crippen LogP contribution in [0.25, 0.3) is 0 Å². The van der Waals surface area contributed by atoms with E-state index in [9.17, 15) is 4.79 Å². The SMILES string of the molecule is CC1C(=N)C(c2ccccc2)C(=O)N1C1CC1. The van der Waals surface area contributed by atoms with Crippen LogP contribution in [0.2, 0.25) is 0 Å². The zero-order chi connectivity index (χ0) is 12.0. The fourth-order valence-corrected chi connectivity index (χ4v) is 2.68. The third-order valence-corrected chi connectivity index (χ3v) is 3.75. The first kappa shape index (κ1) is 10.5. The number of hydrogen-bond donors (Lipinski definition) is 1. The van der Waals surface area contributed by atoms with Crippen LogP contribution in [0.1, 0.15) is 31.2 Å². The van der Waals surface area contributed by atoms with E-state index in [1.54, 1.807) is 0 Å². The van der Waals surface area contributed by atoms with Crippen molar-refractivity contribution in [2.24, 2.45) is 0 Å². The van der Waals surface area contributed by atoms with Gasteiger partial charge < -0.3 is 10.3 Å². The molecule has 0 aromatic heterocycles. The minimum Gasteiger partial charge on any atom is -0.331 e. The number of nitrogens with zero attached hydrogens (tertiary/aromatic N) is 1. The molecule has 1 N–H and O–H groups in total. The minimum absolute atomic E-state index is 0.0276. The summed E-state index contributed by atoms with van der Waals surface area (Å²) in [5.41, 5.74) is 1.51. The predicted octanol–water partition coefficient (Wildman–Crippen LogP) is 2.18. The van der Waals surface area contributed by atoms with E-state index in [1.165, 1.54) is 0 Å². The smallest absolute Gasteiger partial charge is 0.236 e. The molecule has 1 saturated heterocycles. The third kappa shape index (κ3) is 1.57. The Hall–Kier alpha value is -1.64. The van der Waals surface area contributed by atoms with Crippen LogP contribution in [0.5, 0.6) is 0 Å². The first-order valence-corrected chi connectivity index (χ1v) is 6.15. The predicted molar refractivity (Wildman–Crippen MR) is 66.2 cm³/mol. The van der Waals surface area contributed by atoms with Crippen LogP contribution in [-0.4, -0.2) is 28.6 Å². The van der Waals surface area contributed by atoms with E-state index in [4.69, 9.17) is 5.41 Å². The van der Waals surface area contributed by atoms with Crippen LogP contribution in [0.3, 0.4) is 0 Å². The lowest BCUT2D eigenvalue weighted by molar-refractivity contribution is -0.130. The van der Waals surface area contributed by atoms with E-state index in [0.29, 0.717) is 11.8 Å². The molecule has 2 fully saturated rings. The van der Waals surface area contributed by atoms with E-state index >= 15 is 0 Å². The summed E-state index contributed by atoms with van der Waals surface area (Å²) < 4.78 is 0. The quantitative estimate of drug-likeness (QED) is 0.828. The Morgan fingerprint density at radius 1 is 1.24 bits per heavy atom. The summed E-state index contributed by atoms with van der Waals surface area (Å²) in [5, 5.41) is 8.17. The molecular formula is C14H16N2O. The number of hydrogen-bond acceptors (Lipinski definition) is 2. The summed E-state index contributed by atoms with van der Waals surface area (Å²) in [6.45, 7) is 1.97. The van der Waals surface area contributed by atoms with Crippen molar-refractivity contribution >= 4 is 11.6 Å². The van der Waals surface area contributed by atoms with Crippen LogP contribution in [0.15, 0.2) is 30.3 Å². The number of rotatable bonds is 2. The van der Waals surface area contributed by atoms with Gasteiger partial charge in [-0.25, -0.2) is 0 Å². The summed E-state index contributed by atoms with van der Waals surface area (Å²) in [6, 6.07) is 10.1. The van der Waals surface area contributed by atoms with Gasteiger partial charge in [0, 0.05) is 11.8 Å². The molecule has 2 unspecified atom stereocenters. The van der Waals surface area contributed by atoms with Crippen molar-refractivity contribution in [3.8, 4) is 0 Å². The fraction of sp³-hybridized carbons (Fsp3) is 0.429. The van der Waals surface area contributed by atoms with Gasteiger partial charge in [0.25, 0.3) is 0 Å². The van der Waals surface area contributed by atoms with Gasteiger partial charge >= 0.3 is 0 Å². The zero-order valence-corrected chi connectivity index (χ0v) is 9.89. The molecule has 1 aromatic rings. The second kappa shape index (κ2) is 3.69. The van der Waals surface area contributed by atoms with Gasteiger partial charge in [0.1, 0.15) is 5.92 Å². The molecule has 2 aliphatic rings. The molecule has 3 rings (SSSR count). The van der Waals surface area contributed by atoms with Crippen molar-refractivity contribution in [2.45, 2.75) is 37.8 Å². The molecule has 1 aliphatic carbocycles. The molecule has 1 amide bonds. The van der Waals surface area contributed by atoms with Crippen molar-refractivity contribution in [3.05, 3.63) is 35.9 Å². The maximum absolute atomic E-state index is 12.4. The molecule has 17 heavy (non-hydrogen) atoms. The first-order valence-electron chi connectivity index (χ1n) is 6.15. The largest absolute Gasteiger partial charge is 0.331 e. The standard InChI is InChI=1S/C14H16N2O/c1-9-13(15)12(10-5-3-2-4-6-10)14(17)16(9)11-7-8-11/h2-6,9,11-12,15H,7-8H2,1H3. The van der Waals surface area contributed by atoms with E-state index < -0.39 is 0 Å². The maximum atomic E-state index is 12.4. The number of amides is 1. The van der Waals surface area contributed by atoms with Crippen molar-refractivity contribution in [3.63, 3.8) is 0 Å². The fourth-order valence-electron chi connectivity index (χ4n) is 2.68. The van der Waals surface area contributed by atoms with Gasteiger partial charge in [-0.3, -0.25) is 4.79 Å². The van der Waals surface area contributed by atoms with Gasteiger partial charge in [-0.05, 0) is 25.3 Å². The molecule has 3 heteroatoms. The summed E-state index contributed by atoms with van der Waals surface area (Å²) in [6.07, 6.45) is 2.20. The van der Waals surface area contributed by atoms with Crippen molar-refractivity contribution < 1.29 is 4.79 Å². The Labute approximate surface area is 101 Å². The Balaban J connectivity index is 1.96. The monoisotopic (exact) mass is 228 g/mol. The maximum Gasteiger partial charge on any atom is 0.236 e. The highest BCUT2D eigenvalue weighted by molar-refractivity contribution is 6.16. The average molecular weight is 228 g/mol. The average Bonchev–Trinajstić information content (AvgIpc) is 3.12. The molecule has 0 radical (unpaired) electrons. The van der Waals surface area contributed by atoms with Gasteiger partial charge in [-0.2, -0.15) is 0 Å². The van der Waals surface area contributed by atoms with Gasteiger partial charge in [0.05, 0.1) is 6.04 Å². The summed E-state index contributed by atoms with van der Waals surface area (Å²) >= 11 is 0. The third-order valence-electron chi connectivity index (χ3n) is 3.75. The van der Waals surface area contributed by atoms with Crippen LogP contribution in [0, 0.1) is 5.41 Å². The normalized spacial score (nSPS) is 28.9. The Morgan fingerprint density at radius 3 is 2.47 bits per heavy atom. The molecule has 0 spiro atoms. The van der Waals surface area contributed by atoms with E-state index in [0.717, 1.165) is 18.4 Å². The van der Waals surface area contributed by atoms with Gasteiger partial charge in [-0.1, -0.05) is 30.3 Å². The second-order valence-corrected chi connectivity index (χ2v) is 4.95. The molecular weight excluding hydrogens is 212 g/mol. The molecule has 3 nitrogen and oxygen atoms in total. The Morgan fingerprint density at radius 2 is 1.88 bits per heavy atom. The van der Waals surface area contributed by atoms with Crippen LogP contribution < -0.4 is 0 Å². The molecule has 88 valence electrons. The molecule has 1 heterocycles.